The Kier molecular flexibility index (Phi) is 3.94. The largest absolute Gasteiger partial charge is 0.311 e. The van der Waals surface area contributed by atoms with E-state index in [1.807, 2.05) is 13.8 Å². The number of piperazine rings is 1. The van der Waals surface area contributed by atoms with Crippen LogP contribution in [0.3, 0.4) is 0 Å². The maximum Gasteiger partial charge on any atom is 0.246 e. The Morgan fingerprint density at radius 3 is 2.74 bits per heavy atom. The van der Waals surface area contributed by atoms with E-state index < -0.39 is 15.8 Å². The molecule has 6 heteroatoms. The van der Waals surface area contributed by atoms with E-state index in [-0.39, 0.29) is 17.0 Å². The number of rotatable bonds is 2. The topological polar surface area (TPSA) is 49.4 Å². The number of aryl methyl sites for hydroxylation is 1. The van der Waals surface area contributed by atoms with E-state index in [9.17, 15) is 12.8 Å². The van der Waals surface area contributed by atoms with Crippen molar-refractivity contribution >= 4 is 10.0 Å². The van der Waals surface area contributed by atoms with Crippen molar-refractivity contribution in [3.63, 3.8) is 0 Å². The van der Waals surface area contributed by atoms with Crippen LogP contribution >= 0.6 is 0 Å². The van der Waals surface area contributed by atoms with Gasteiger partial charge in [-0.2, -0.15) is 4.31 Å². The normalized spacial score (nSPS) is 25.5. The van der Waals surface area contributed by atoms with Crippen molar-refractivity contribution in [2.45, 2.75) is 37.8 Å². The van der Waals surface area contributed by atoms with Crippen LogP contribution in [0.1, 0.15) is 19.4 Å². The highest BCUT2D eigenvalue weighted by molar-refractivity contribution is 7.89. The van der Waals surface area contributed by atoms with Gasteiger partial charge < -0.3 is 5.32 Å². The van der Waals surface area contributed by atoms with Crippen LogP contribution in [-0.2, 0) is 10.0 Å². The number of halogens is 1. The van der Waals surface area contributed by atoms with Gasteiger partial charge in [0.25, 0.3) is 0 Å². The summed E-state index contributed by atoms with van der Waals surface area (Å²) in [5.41, 5.74) is 0.732. The van der Waals surface area contributed by atoms with Gasteiger partial charge in [0, 0.05) is 25.2 Å². The average Bonchev–Trinajstić information content (AvgIpc) is 2.35. The van der Waals surface area contributed by atoms with Gasteiger partial charge in [-0.25, -0.2) is 12.8 Å². The Labute approximate surface area is 113 Å². The highest BCUT2D eigenvalue weighted by Crippen LogP contribution is 2.24. The van der Waals surface area contributed by atoms with Gasteiger partial charge in [0.15, 0.2) is 0 Å². The van der Waals surface area contributed by atoms with E-state index in [0.717, 1.165) is 5.56 Å². The fraction of sp³-hybridized carbons (Fsp3) is 0.538. The van der Waals surface area contributed by atoms with Gasteiger partial charge in [0.05, 0.1) is 0 Å². The molecular weight excluding hydrogens is 267 g/mol. The molecule has 1 aliphatic heterocycles. The monoisotopic (exact) mass is 286 g/mol. The quantitative estimate of drug-likeness (QED) is 0.896. The number of sulfonamides is 1. The molecular formula is C13H19FN2O2S. The smallest absolute Gasteiger partial charge is 0.246 e. The zero-order chi connectivity index (χ0) is 14.2. The summed E-state index contributed by atoms with van der Waals surface area (Å²) in [6, 6.07) is 4.02. The molecule has 106 valence electrons. The van der Waals surface area contributed by atoms with Gasteiger partial charge in [0.1, 0.15) is 10.7 Å². The molecule has 1 aromatic rings. The third-order valence-electron chi connectivity index (χ3n) is 3.65. The lowest BCUT2D eigenvalue weighted by atomic mass is 10.1. The first-order valence-corrected chi connectivity index (χ1v) is 7.79. The molecule has 4 nitrogen and oxygen atoms in total. The van der Waals surface area contributed by atoms with E-state index in [4.69, 9.17) is 0 Å². The van der Waals surface area contributed by atoms with E-state index in [2.05, 4.69) is 5.32 Å². The number of benzene rings is 1. The van der Waals surface area contributed by atoms with Crippen LogP contribution in [0, 0.1) is 12.7 Å². The molecule has 0 radical (unpaired) electrons. The van der Waals surface area contributed by atoms with E-state index in [1.165, 1.54) is 16.4 Å². The highest BCUT2D eigenvalue weighted by Gasteiger charge is 2.35. The minimum atomic E-state index is -3.78. The zero-order valence-corrected chi connectivity index (χ0v) is 12.2. The van der Waals surface area contributed by atoms with Gasteiger partial charge in [-0.3, -0.25) is 0 Å². The highest BCUT2D eigenvalue weighted by atomic mass is 32.2. The molecule has 2 rings (SSSR count). The van der Waals surface area contributed by atoms with Crippen molar-refractivity contribution in [3.05, 3.63) is 29.6 Å². The average molecular weight is 286 g/mol. The van der Waals surface area contributed by atoms with Crippen molar-refractivity contribution in [3.8, 4) is 0 Å². The van der Waals surface area contributed by atoms with Gasteiger partial charge in [-0.15, -0.1) is 0 Å². The van der Waals surface area contributed by atoms with E-state index >= 15 is 0 Å². The summed E-state index contributed by atoms with van der Waals surface area (Å²) in [5.74, 6) is -0.691. The molecule has 0 bridgehead atoms. The van der Waals surface area contributed by atoms with Gasteiger partial charge in [-0.05, 0) is 38.5 Å². The molecule has 0 saturated carbocycles. The minimum absolute atomic E-state index is 0.0522. The van der Waals surface area contributed by atoms with Crippen LogP contribution in [0.2, 0.25) is 0 Å². The standard InChI is InChI=1S/C13H19FN2O2S/c1-9-4-5-12(14)13(8-9)19(17,18)16-7-6-15-10(2)11(16)3/h4-5,8,10-11,15H,6-7H2,1-3H3. The number of hydrogen-bond donors (Lipinski definition) is 1. The fourth-order valence-corrected chi connectivity index (χ4v) is 4.15. The van der Waals surface area contributed by atoms with Crippen molar-refractivity contribution in [2.75, 3.05) is 13.1 Å². The molecule has 0 amide bonds. The summed E-state index contributed by atoms with van der Waals surface area (Å²) < 4.78 is 40.4. The number of hydrogen-bond acceptors (Lipinski definition) is 3. The molecule has 0 aromatic heterocycles. The predicted octanol–water partition coefficient (Wildman–Crippen LogP) is 1.51. The zero-order valence-electron chi connectivity index (χ0n) is 11.4. The van der Waals surface area contributed by atoms with Crippen molar-refractivity contribution in [1.82, 2.24) is 9.62 Å². The molecule has 1 fully saturated rings. The third-order valence-corrected chi connectivity index (χ3v) is 5.65. The molecule has 19 heavy (non-hydrogen) atoms. The van der Waals surface area contributed by atoms with Crippen LogP contribution in [0.5, 0.6) is 0 Å². The van der Waals surface area contributed by atoms with Gasteiger partial charge in [-0.1, -0.05) is 6.07 Å². The molecule has 1 aromatic carbocycles. The molecule has 0 aliphatic carbocycles. The maximum atomic E-state index is 13.8. The third kappa shape index (κ3) is 2.66. The molecule has 1 saturated heterocycles. The van der Waals surface area contributed by atoms with E-state index in [1.54, 1.807) is 13.0 Å². The molecule has 0 spiro atoms. The summed E-state index contributed by atoms with van der Waals surface area (Å²) in [5, 5.41) is 3.21. The van der Waals surface area contributed by atoms with E-state index in [0.29, 0.717) is 13.1 Å². The lowest BCUT2D eigenvalue weighted by Gasteiger charge is -2.37. The summed E-state index contributed by atoms with van der Waals surface area (Å²) in [6.45, 7) is 6.46. The first-order valence-electron chi connectivity index (χ1n) is 6.35. The Morgan fingerprint density at radius 2 is 2.05 bits per heavy atom. The van der Waals surface area contributed by atoms with Crippen LogP contribution in [0.4, 0.5) is 4.39 Å². The van der Waals surface area contributed by atoms with Crippen LogP contribution in [0.25, 0.3) is 0 Å². The molecule has 1 N–H and O–H groups in total. The summed E-state index contributed by atoms with van der Waals surface area (Å²) in [4.78, 5) is -0.228. The second kappa shape index (κ2) is 5.19. The van der Waals surface area contributed by atoms with Gasteiger partial charge in [0.2, 0.25) is 10.0 Å². The fourth-order valence-electron chi connectivity index (χ4n) is 2.30. The second-order valence-electron chi connectivity index (χ2n) is 5.03. The van der Waals surface area contributed by atoms with Crippen LogP contribution in [0.15, 0.2) is 23.1 Å². The lowest BCUT2D eigenvalue weighted by molar-refractivity contribution is 0.232. The molecule has 2 unspecified atom stereocenters. The molecule has 1 aliphatic rings. The Balaban J connectivity index is 2.44. The Bertz CT molecular complexity index is 574. The molecule has 2 atom stereocenters. The maximum absolute atomic E-state index is 13.8. The number of nitrogens with one attached hydrogen (secondary N) is 1. The first-order chi connectivity index (χ1) is 8.84. The first kappa shape index (κ1) is 14.4. The summed E-state index contributed by atoms with van der Waals surface area (Å²) in [6.07, 6.45) is 0. The van der Waals surface area contributed by atoms with Crippen LogP contribution < -0.4 is 5.32 Å². The Morgan fingerprint density at radius 1 is 1.37 bits per heavy atom. The van der Waals surface area contributed by atoms with Crippen LogP contribution in [-0.4, -0.2) is 37.9 Å². The Hall–Kier alpha value is -0.980. The summed E-state index contributed by atoms with van der Waals surface area (Å²) in [7, 11) is -3.78. The molecule has 1 heterocycles. The second-order valence-corrected chi connectivity index (χ2v) is 6.89. The summed E-state index contributed by atoms with van der Waals surface area (Å²) >= 11 is 0. The minimum Gasteiger partial charge on any atom is -0.311 e. The lowest BCUT2D eigenvalue weighted by Crippen LogP contribution is -2.57. The SMILES string of the molecule is Cc1ccc(F)c(S(=O)(=O)N2CCNC(C)C2C)c1. The van der Waals surface area contributed by atoms with Crippen molar-refractivity contribution < 1.29 is 12.8 Å². The number of nitrogens with zero attached hydrogens (tertiary/aromatic N) is 1. The predicted molar refractivity (Wildman–Crippen MR) is 72.0 cm³/mol. The van der Waals surface area contributed by atoms with Crippen molar-refractivity contribution in [1.29, 1.82) is 0 Å². The van der Waals surface area contributed by atoms with Gasteiger partial charge >= 0.3 is 0 Å². The van der Waals surface area contributed by atoms with Crippen molar-refractivity contribution in [2.24, 2.45) is 0 Å².